The predicted molar refractivity (Wildman–Crippen MR) is 99.0 cm³/mol. The fourth-order valence-electron chi connectivity index (χ4n) is 2.83. The van der Waals surface area contributed by atoms with Crippen molar-refractivity contribution in [1.82, 2.24) is 9.97 Å². The molecule has 0 spiro atoms. The van der Waals surface area contributed by atoms with Crippen LogP contribution in [-0.2, 0) is 12.8 Å². The monoisotopic (exact) mass is 355 g/mol. The molecule has 4 rings (SSSR count). The van der Waals surface area contributed by atoms with Gasteiger partial charge in [0.25, 0.3) is 5.91 Å². The van der Waals surface area contributed by atoms with Crippen molar-refractivity contribution in [3.05, 3.63) is 51.5 Å². The largest absolute Gasteiger partial charge is 0.298 e. The van der Waals surface area contributed by atoms with Gasteiger partial charge in [0.2, 0.25) is 0 Å². The summed E-state index contributed by atoms with van der Waals surface area (Å²) in [4.78, 5) is 22.8. The number of aryl methyl sites for hydroxylation is 3. The zero-order chi connectivity index (χ0) is 16.5. The fourth-order valence-corrected chi connectivity index (χ4v) is 4.67. The number of carbonyl (C=O) groups is 1. The van der Waals surface area contributed by atoms with Crippen LogP contribution >= 0.6 is 22.7 Å². The first-order valence-corrected chi connectivity index (χ1v) is 9.71. The minimum absolute atomic E-state index is 0.108. The van der Waals surface area contributed by atoms with Gasteiger partial charge >= 0.3 is 0 Å². The number of nitrogens with one attached hydrogen (secondary N) is 1. The van der Waals surface area contributed by atoms with E-state index >= 15 is 0 Å². The van der Waals surface area contributed by atoms with E-state index in [1.54, 1.807) is 22.7 Å². The second-order valence-electron chi connectivity index (χ2n) is 5.92. The van der Waals surface area contributed by atoms with E-state index in [1.807, 2.05) is 36.6 Å². The summed E-state index contributed by atoms with van der Waals surface area (Å²) < 4.78 is 0. The Balaban J connectivity index is 1.49. The van der Waals surface area contributed by atoms with Crippen molar-refractivity contribution in [2.45, 2.75) is 32.6 Å². The maximum absolute atomic E-state index is 12.4. The van der Waals surface area contributed by atoms with Crippen LogP contribution < -0.4 is 5.32 Å². The number of carbonyl (C=O) groups excluding carboxylic acids is 1. The molecule has 3 aromatic rings. The maximum Gasteiger partial charge on any atom is 0.257 e. The number of nitrogens with zero attached hydrogens (tertiary/aromatic N) is 2. The molecule has 0 saturated heterocycles. The van der Waals surface area contributed by atoms with Crippen LogP contribution in [0.2, 0.25) is 0 Å². The molecule has 0 bridgehead atoms. The zero-order valence-corrected chi connectivity index (χ0v) is 15.0. The van der Waals surface area contributed by atoms with Gasteiger partial charge in [0.15, 0.2) is 5.13 Å². The molecule has 6 heteroatoms. The van der Waals surface area contributed by atoms with Gasteiger partial charge in [-0.15, -0.1) is 22.7 Å². The summed E-state index contributed by atoms with van der Waals surface area (Å²) in [6, 6.07) is 7.57. The summed E-state index contributed by atoms with van der Waals surface area (Å²) in [5.41, 5.74) is 3.86. The summed E-state index contributed by atoms with van der Waals surface area (Å²) in [6.45, 7) is 1.98. The van der Waals surface area contributed by atoms with E-state index in [2.05, 4.69) is 15.3 Å². The highest BCUT2D eigenvalue weighted by molar-refractivity contribution is 7.16. The number of rotatable bonds is 3. The van der Waals surface area contributed by atoms with Gasteiger partial charge in [-0.25, -0.2) is 9.97 Å². The Bertz CT molecular complexity index is 857. The van der Waals surface area contributed by atoms with Crippen LogP contribution in [0.15, 0.2) is 29.6 Å². The lowest BCUT2D eigenvalue weighted by atomic mass is 10.0. The van der Waals surface area contributed by atoms with E-state index in [0.717, 1.165) is 34.8 Å². The van der Waals surface area contributed by atoms with Crippen molar-refractivity contribution >= 4 is 33.7 Å². The second-order valence-corrected chi connectivity index (χ2v) is 7.86. The summed E-state index contributed by atoms with van der Waals surface area (Å²) in [6.07, 6.45) is 4.54. The SMILES string of the molecule is Cc1csc(-c2ccc(C(=O)Nc3nc4c(s3)CCCC4)cc2)n1. The van der Waals surface area contributed by atoms with Crippen molar-refractivity contribution in [1.29, 1.82) is 0 Å². The average molecular weight is 355 g/mol. The Hall–Kier alpha value is -2.05. The highest BCUT2D eigenvalue weighted by Gasteiger charge is 2.17. The van der Waals surface area contributed by atoms with Crippen LogP contribution in [0.5, 0.6) is 0 Å². The molecule has 0 saturated carbocycles. The molecule has 122 valence electrons. The number of amides is 1. The quantitative estimate of drug-likeness (QED) is 0.740. The molecule has 2 heterocycles. The molecule has 1 aliphatic rings. The van der Waals surface area contributed by atoms with Gasteiger partial charge in [-0.2, -0.15) is 0 Å². The fraction of sp³-hybridized carbons (Fsp3) is 0.278. The molecule has 24 heavy (non-hydrogen) atoms. The highest BCUT2D eigenvalue weighted by Crippen LogP contribution is 2.30. The molecular weight excluding hydrogens is 338 g/mol. The number of thiazole rings is 2. The van der Waals surface area contributed by atoms with Crippen LogP contribution in [0.4, 0.5) is 5.13 Å². The van der Waals surface area contributed by atoms with Gasteiger partial charge in [-0.3, -0.25) is 10.1 Å². The lowest BCUT2D eigenvalue weighted by Gasteiger charge is -2.06. The second kappa shape index (κ2) is 6.45. The van der Waals surface area contributed by atoms with Crippen molar-refractivity contribution in [3.63, 3.8) is 0 Å². The maximum atomic E-state index is 12.4. The Morgan fingerprint density at radius 2 is 1.92 bits per heavy atom. The number of benzene rings is 1. The van der Waals surface area contributed by atoms with Crippen LogP contribution in [0.3, 0.4) is 0 Å². The van der Waals surface area contributed by atoms with Crippen LogP contribution in [0, 0.1) is 6.92 Å². The zero-order valence-electron chi connectivity index (χ0n) is 13.3. The van der Waals surface area contributed by atoms with Crippen molar-refractivity contribution in [2.75, 3.05) is 5.32 Å². The van der Waals surface area contributed by atoms with Gasteiger partial charge in [-0.05, 0) is 44.7 Å². The van der Waals surface area contributed by atoms with Crippen molar-refractivity contribution < 1.29 is 4.79 Å². The van der Waals surface area contributed by atoms with E-state index in [0.29, 0.717) is 10.7 Å². The third-order valence-corrected chi connectivity index (χ3v) is 6.16. The average Bonchev–Trinajstić information content (AvgIpc) is 3.20. The Labute approximate surface area is 148 Å². The Morgan fingerprint density at radius 3 is 2.62 bits per heavy atom. The smallest absolute Gasteiger partial charge is 0.257 e. The summed E-state index contributed by atoms with van der Waals surface area (Å²) in [7, 11) is 0. The van der Waals surface area contributed by atoms with Crippen molar-refractivity contribution in [2.24, 2.45) is 0 Å². The van der Waals surface area contributed by atoms with Gasteiger partial charge in [-0.1, -0.05) is 12.1 Å². The molecule has 0 atom stereocenters. The molecule has 1 N–H and O–H groups in total. The molecule has 4 nitrogen and oxygen atoms in total. The van der Waals surface area contributed by atoms with Gasteiger partial charge < -0.3 is 0 Å². The molecule has 0 unspecified atom stereocenters. The Kier molecular flexibility index (Phi) is 4.16. The lowest BCUT2D eigenvalue weighted by Crippen LogP contribution is -2.11. The number of aromatic nitrogens is 2. The third-order valence-electron chi connectivity index (χ3n) is 4.08. The number of fused-ring (bicyclic) bond motifs is 1. The van der Waals surface area contributed by atoms with Gasteiger partial charge in [0, 0.05) is 27.1 Å². The first-order chi connectivity index (χ1) is 11.7. The highest BCUT2D eigenvalue weighted by atomic mass is 32.1. The van der Waals surface area contributed by atoms with E-state index in [1.165, 1.54) is 17.7 Å². The summed E-state index contributed by atoms with van der Waals surface area (Å²) >= 11 is 3.22. The van der Waals surface area contributed by atoms with E-state index in [4.69, 9.17) is 0 Å². The molecule has 0 aliphatic heterocycles. The minimum Gasteiger partial charge on any atom is -0.298 e. The molecular formula is C18H17N3OS2. The van der Waals surface area contributed by atoms with Gasteiger partial charge in [0.1, 0.15) is 5.01 Å². The number of anilines is 1. The first kappa shape index (κ1) is 15.5. The lowest BCUT2D eigenvalue weighted by molar-refractivity contribution is 0.102. The molecule has 2 aromatic heterocycles. The summed E-state index contributed by atoms with van der Waals surface area (Å²) in [5.74, 6) is -0.108. The van der Waals surface area contributed by atoms with E-state index in [-0.39, 0.29) is 5.91 Å². The predicted octanol–water partition coefficient (Wildman–Crippen LogP) is 4.71. The molecule has 1 amide bonds. The van der Waals surface area contributed by atoms with Crippen molar-refractivity contribution in [3.8, 4) is 10.6 Å². The molecule has 0 radical (unpaired) electrons. The molecule has 1 aromatic carbocycles. The summed E-state index contributed by atoms with van der Waals surface area (Å²) in [5, 5.41) is 6.66. The number of hydrogen-bond donors (Lipinski definition) is 1. The van der Waals surface area contributed by atoms with Crippen LogP contribution in [0.1, 0.15) is 39.5 Å². The van der Waals surface area contributed by atoms with E-state index < -0.39 is 0 Å². The number of hydrogen-bond acceptors (Lipinski definition) is 5. The topological polar surface area (TPSA) is 54.9 Å². The van der Waals surface area contributed by atoms with Crippen LogP contribution in [0.25, 0.3) is 10.6 Å². The van der Waals surface area contributed by atoms with Gasteiger partial charge in [0.05, 0.1) is 5.69 Å². The van der Waals surface area contributed by atoms with E-state index in [9.17, 15) is 4.79 Å². The molecule has 1 aliphatic carbocycles. The third kappa shape index (κ3) is 3.12. The molecule has 0 fully saturated rings. The first-order valence-electron chi connectivity index (χ1n) is 8.01. The van der Waals surface area contributed by atoms with Crippen LogP contribution in [-0.4, -0.2) is 15.9 Å². The Morgan fingerprint density at radius 1 is 1.12 bits per heavy atom. The standard InChI is InChI=1S/C18H17N3OS2/c1-11-10-23-17(19-11)13-8-6-12(7-9-13)16(22)21-18-20-14-4-2-3-5-15(14)24-18/h6-10H,2-5H2,1H3,(H,20,21,22). The minimum atomic E-state index is -0.108. The normalized spacial score (nSPS) is 13.5.